The fourth-order valence-corrected chi connectivity index (χ4v) is 11.9. The highest BCUT2D eigenvalue weighted by molar-refractivity contribution is 7.48. The monoisotopic (exact) mass is 1470 g/mol. The molecule has 0 radical (unpaired) electrons. The zero-order valence-corrected chi connectivity index (χ0v) is 53.5. The zero-order valence-electron chi connectivity index (χ0n) is 50.4. The van der Waals surface area contributed by atoms with Gasteiger partial charge in [0.15, 0.2) is 37.1 Å². The van der Waals surface area contributed by atoms with Gasteiger partial charge in [-0.05, 0) is 109 Å². The number of hydrogen-bond acceptors (Lipinski definition) is 19. The summed E-state index contributed by atoms with van der Waals surface area (Å²) in [5.41, 5.74) is -8.89. The van der Waals surface area contributed by atoms with Crippen LogP contribution in [-0.4, -0.2) is 58.0 Å². The third-order valence-electron chi connectivity index (χ3n) is 14.7. The van der Waals surface area contributed by atoms with Crippen LogP contribution in [0, 0.1) is 34.0 Å². The number of alkyl halides is 9. The summed E-state index contributed by atoms with van der Waals surface area (Å²) in [6, 6.07) is 26.0. The Hall–Kier alpha value is -11.4. The number of pyridine rings is 6. The van der Waals surface area contributed by atoms with E-state index < -0.39 is 117 Å². The van der Waals surface area contributed by atoms with E-state index in [1.165, 1.54) is 73.2 Å². The molecule has 0 unspecified atom stereocenters. The number of halogens is 12. The van der Waals surface area contributed by atoms with Gasteiger partial charge in [0.25, 0.3) is 16.7 Å². The lowest BCUT2D eigenvalue weighted by Crippen LogP contribution is -2.25. The fraction of sp³-hybridized carbons (Fsp3) is 0.143. The Labute approximate surface area is 572 Å². The molecule has 25 nitrogen and oxygen atoms in total. The molecule has 9 aromatic heterocycles. The maximum atomic E-state index is 15.5. The van der Waals surface area contributed by atoms with E-state index >= 15 is 4.57 Å². The summed E-state index contributed by atoms with van der Waals surface area (Å²) in [7, 11) is -5.25. The molecule has 3 aromatic carbocycles. The maximum absolute atomic E-state index is 15.5. The Morgan fingerprint density at radius 3 is 0.960 bits per heavy atom. The summed E-state index contributed by atoms with van der Waals surface area (Å²) in [6.45, 7) is -4.51. The first-order valence-corrected chi connectivity index (χ1v) is 31.2. The van der Waals surface area contributed by atoms with Gasteiger partial charge in [0.05, 0.1) is 71.6 Å². The Morgan fingerprint density at radius 2 is 0.703 bits per heavy atom. The van der Waals surface area contributed by atoms with E-state index in [9.17, 15) is 69.7 Å². The van der Waals surface area contributed by atoms with Crippen LogP contribution in [0.5, 0.6) is 34.5 Å². The van der Waals surface area contributed by atoms with Gasteiger partial charge >= 0.3 is 26.4 Å². The van der Waals surface area contributed by atoms with Crippen molar-refractivity contribution < 1.29 is 71.9 Å². The van der Waals surface area contributed by atoms with Crippen molar-refractivity contribution in [3.8, 4) is 52.7 Å². The lowest BCUT2D eigenvalue weighted by Gasteiger charge is -2.18. The summed E-state index contributed by atoms with van der Waals surface area (Å²) in [5, 5.41) is 42.2. The highest BCUT2D eigenvalue weighted by Gasteiger charge is 2.40. The molecule has 0 amide bonds. The summed E-state index contributed by atoms with van der Waals surface area (Å²) >= 11 is 18.3. The van der Waals surface area contributed by atoms with Crippen LogP contribution in [0.25, 0.3) is 33.1 Å². The van der Waals surface area contributed by atoms with Gasteiger partial charge < -0.3 is 27.9 Å². The largest absolute Gasteiger partial charge is 0.480 e. The molecule has 0 aliphatic heterocycles. The number of phosphoric ester groups is 1. The number of nitriles is 3. The first-order chi connectivity index (χ1) is 48.1. The number of aromatic nitrogens is 12. The van der Waals surface area contributed by atoms with Gasteiger partial charge in [0, 0.05) is 68.4 Å². The predicted molar refractivity (Wildman–Crippen MR) is 337 cm³/mol. The number of rotatable bonds is 21. The Bertz CT molecular complexity index is 5140. The molecule has 512 valence electrons. The van der Waals surface area contributed by atoms with Crippen LogP contribution < -0.4 is 30.9 Å². The van der Waals surface area contributed by atoms with Crippen LogP contribution in [0.3, 0.4) is 0 Å². The van der Waals surface area contributed by atoms with Gasteiger partial charge in [-0.3, -0.25) is 28.0 Å². The molecule has 0 spiro atoms. The second kappa shape index (κ2) is 27.7. The highest BCUT2D eigenvalue weighted by Crippen LogP contribution is 2.51. The van der Waals surface area contributed by atoms with Crippen LogP contribution in [0.4, 0.5) is 39.5 Å². The summed E-state index contributed by atoms with van der Waals surface area (Å²) in [6.07, 6.45) is -8.98. The molecule has 12 rings (SSSR count). The van der Waals surface area contributed by atoms with Crippen molar-refractivity contribution in [1.82, 2.24) is 58.0 Å². The molecule has 0 bridgehead atoms. The van der Waals surface area contributed by atoms with Crippen LogP contribution >= 0.6 is 42.6 Å². The fourth-order valence-electron chi connectivity index (χ4n) is 10.2. The van der Waals surface area contributed by atoms with Gasteiger partial charge in [-0.1, -0.05) is 34.8 Å². The molecule has 12 aromatic rings. The maximum Gasteiger partial charge on any atom is 0.480 e. The number of hydrogen-bond donors (Lipinski definition) is 0. The van der Waals surface area contributed by atoms with Crippen molar-refractivity contribution in [2.24, 2.45) is 0 Å². The number of ether oxygens (including phenoxy) is 3. The molecule has 0 saturated carbocycles. The van der Waals surface area contributed by atoms with Gasteiger partial charge in [0.1, 0.15) is 33.9 Å². The number of benzene rings is 3. The summed E-state index contributed by atoms with van der Waals surface area (Å²) in [5.74, 6) is -4.70. The zero-order chi connectivity index (χ0) is 71.9. The predicted octanol–water partition coefficient (Wildman–Crippen LogP) is 14.0. The summed E-state index contributed by atoms with van der Waals surface area (Å²) < 4.78 is 186. The minimum Gasteiger partial charge on any atom is -0.451 e. The van der Waals surface area contributed by atoms with E-state index in [1.807, 2.05) is 0 Å². The third kappa shape index (κ3) is 15.0. The second-order valence-corrected chi connectivity index (χ2v) is 24.3. The smallest absolute Gasteiger partial charge is 0.451 e. The minimum atomic E-state index is -5.25. The van der Waals surface area contributed by atoms with Crippen molar-refractivity contribution >= 4 is 75.7 Å². The topological polar surface area (TPSA) is 302 Å². The van der Waals surface area contributed by atoms with E-state index in [-0.39, 0.29) is 99.2 Å². The van der Waals surface area contributed by atoms with Crippen LogP contribution in [0.15, 0.2) is 161 Å². The highest BCUT2D eigenvalue weighted by atomic mass is 35.5. The Kier molecular flexibility index (Phi) is 19.1. The molecule has 0 fully saturated rings. The van der Waals surface area contributed by atoms with Crippen LogP contribution in [0.1, 0.15) is 50.5 Å². The van der Waals surface area contributed by atoms with E-state index in [4.69, 9.17) is 62.6 Å². The van der Waals surface area contributed by atoms with Gasteiger partial charge in [-0.2, -0.15) is 70.6 Å². The quantitative estimate of drug-likeness (QED) is 0.0477. The lowest BCUT2D eigenvalue weighted by atomic mass is 10.2. The van der Waals surface area contributed by atoms with Crippen molar-refractivity contribution in [2.45, 2.75) is 58.4 Å². The van der Waals surface area contributed by atoms with E-state index in [2.05, 4.69) is 30.2 Å². The molecule has 0 aliphatic rings. The first-order valence-electron chi connectivity index (χ1n) is 28.6. The average Bonchev–Trinajstić information content (AvgIpc) is 1.78. The molecule has 0 aliphatic carbocycles. The van der Waals surface area contributed by atoms with E-state index in [1.54, 1.807) is 18.2 Å². The molecular formula is C63H36Cl3F9N15O10P. The van der Waals surface area contributed by atoms with Crippen molar-refractivity contribution in [2.75, 3.05) is 0 Å². The molecule has 101 heavy (non-hydrogen) atoms. The van der Waals surface area contributed by atoms with E-state index in [0.29, 0.717) is 18.2 Å². The minimum absolute atomic E-state index is 0.0363. The van der Waals surface area contributed by atoms with Crippen LogP contribution in [-0.2, 0) is 76.5 Å². The van der Waals surface area contributed by atoms with Crippen LogP contribution in [0.2, 0.25) is 15.1 Å². The number of fused-ring (bicyclic) bond motifs is 3. The van der Waals surface area contributed by atoms with Gasteiger partial charge in [0.2, 0.25) is 17.2 Å². The number of nitrogens with zero attached hydrogens (tertiary/aromatic N) is 15. The van der Waals surface area contributed by atoms with Gasteiger partial charge in [-0.25, -0.2) is 33.6 Å². The normalized spacial score (nSPS) is 12.0. The van der Waals surface area contributed by atoms with Crippen molar-refractivity contribution in [3.63, 3.8) is 0 Å². The standard InChI is InChI=1S/C63H36Cl3F9N15O10P/c64-37-16-34(25-76)19-40(22-37)98-52-46(61(67,68)69)7-13-85(58(52)91)28-49-43-4-1-10-79-55(43)88(82-49)31-95-101(94,96-32-89-56-44(5-2-11-80-56)50(83-89)29-86-14-8-47(62(70,71)72)53(59(86)92)99-41-20-35(26-77)17-38(65)23-41)97-33-90-57-45(6-3-12-81-57)51(84-90)30-87-15-9-48(63(73,74)75)54(60(87)93)100-42-21-36(27-78)18-39(66)24-42/h1-24H,28-33H2. The third-order valence-corrected chi connectivity index (χ3v) is 16.6. The lowest BCUT2D eigenvalue weighted by molar-refractivity contribution is -0.139. The second-order valence-electron chi connectivity index (χ2n) is 21.3. The molecule has 0 N–H and O–H groups in total. The first kappa shape index (κ1) is 69.5. The molecular weight excluding hydrogens is 1440 g/mol. The van der Waals surface area contributed by atoms with E-state index in [0.717, 1.165) is 82.7 Å². The van der Waals surface area contributed by atoms with Crippen molar-refractivity contribution in [3.05, 3.63) is 243 Å². The summed E-state index contributed by atoms with van der Waals surface area (Å²) in [4.78, 5) is 55.3. The molecule has 9 heterocycles. The molecule has 0 saturated heterocycles. The SMILES string of the molecule is N#Cc1cc(Cl)cc(Oc2c(C(F)(F)F)ccn(Cc3nn(COP(=O)(OCn4nc(Cn5ccc(C(F)(F)F)c(Oc6cc(Cl)cc(C#N)c6)c5=O)c5cccnc54)OCn4nc(Cn5ccc(C(F)(F)F)c(Oc6cc(Cl)cc(C#N)c6)c5=O)c5cccnc54)c4ncccc34)c2=O)c1. The molecule has 0 atom stereocenters. The van der Waals surface area contributed by atoms with Crippen molar-refractivity contribution in [1.29, 1.82) is 15.8 Å². The van der Waals surface area contributed by atoms with Gasteiger partial charge in [-0.15, -0.1) is 0 Å². The Morgan fingerprint density at radius 1 is 0.426 bits per heavy atom. The average molecular weight is 1470 g/mol. The molecule has 38 heteroatoms. The Balaban J connectivity index is 0.887. The number of phosphoric acid groups is 1.